The average molecular weight is 569 g/mol. The quantitative estimate of drug-likeness (QED) is 0.375. The highest BCUT2D eigenvalue weighted by Crippen LogP contribution is 2.32. The van der Waals surface area contributed by atoms with Crippen LogP contribution in [0.1, 0.15) is 32.3 Å². The summed E-state index contributed by atoms with van der Waals surface area (Å²) in [7, 11) is -3.07. The fourth-order valence-electron chi connectivity index (χ4n) is 4.59. The fourth-order valence-corrected chi connectivity index (χ4v) is 5.84. The van der Waals surface area contributed by atoms with Gasteiger partial charge in [-0.1, -0.05) is 44.2 Å². The number of alkyl halides is 2. The Labute approximate surface area is 227 Å². The Balaban J connectivity index is 2.00. The zero-order valence-corrected chi connectivity index (χ0v) is 22.9. The van der Waals surface area contributed by atoms with Gasteiger partial charge in [-0.15, -0.1) is 0 Å². The predicted octanol–water partition coefficient (Wildman–Crippen LogP) is 3.97. The second-order valence-corrected chi connectivity index (χ2v) is 11.6. The number of sulfonamides is 1. The van der Waals surface area contributed by atoms with Crippen molar-refractivity contribution in [2.45, 2.75) is 62.1 Å². The highest BCUT2D eigenvalue weighted by Gasteiger charge is 2.54. The van der Waals surface area contributed by atoms with Crippen LogP contribution in [0.4, 0.5) is 13.6 Å². The van der Waals surface area contributed by atoms with Crippen LogP contribution in [-0.2, 0) is 26.0 Å². The first kappa shape index (κ1) is 30.5. The van der Waals surface area contributed by atoms with Gasteiger partial charge < -0.3 is 14.6 Å². The summed E-state index contributed by atoms with van der Waals surface area (Å²) in [6.45, 7) is 3.44. The van der Waals surface area contributed by atoms with Crippen molar-refractivity contribution in [1.82, 2.24) is 9.62 Å². The van der Waals surface area contributed by atoms with Crippen LogP contribution in [0.15, 0.2) is 59.5 Å². The predicted molar refractivity (Wildman–Crippen MR) is 140 cm³/mol. The summed E-state index contributed by atoms with van der Waals surface area (Å²) in [6.07, 6.45) is -1.96. The molecule has 1 unspecified atom stereocenters. The zero-order chi connectivity index (χ0) is 28.8. The molecule has 0 aromatic heterocycles. The Morgan fingerprint density at radius 1 is 1.15 bits per heavy atom. The molecule has 3 atom stereocenters. The van der Waals surface area contributed by atoms with E-state index < -0.39 is 51.9 Å². The number of benzene rings is 2. The van der Waals surface area contributed by atoms with Crippen molar-refractivity contribution in [1.29, 1.82) is 0 Å². The lowest BCUT2D eigenvalue weighted by atomic mass is 9.90. The number of carbonyl (C=O) groups excluding carboxylic acids is 1. The number of amides is 1. The van der Waals surface area contributed by atoms with Crippen LogP contribution < -0.4 is 9.46 Å². The Morgan fingerprint density at radius 2 is 1.79 bits per heavy atom. The number of nitrogens with zero attached hydrogens (tertiary/aromatic N) is 1. The van der Waals surface area contributed by atoms with Gasteiger partial charge in [0.1, 0.15) is 11.8 Å². The molecule has 1 heterocycles. The normalized spacial score (nSPS) is 17.5. The van der Waals surface area contributed by atoms with E-state index in [4.69, 9.17) is 9.47 Å². The number of ketones is 1. The summed E-state index contributed by atoms with van der Waals surface area (Å²) in [5.41, 5.74) is 0.482. The first-order valence-electron chi connectivity index (χ1n) is 12.6. The monoisotopic (exact) mass is 568 g/mol. The third-order valence-corrected chi connectivity index (χ3v) is 8.06. The number of hydrogen-bond acceptors (Lipinski definition) is 6. The molecule has 2 N–H and O–H groups in total. The first-order chi connectivity index (χ1) is 18.4. The van der Waals surface area contributed by atoms with Crippen LogP contribution in [0, 0.1) is 5.92 Å². The number of carbonyl (C=O) groups is 2. The van der Waals surface area contributed by atoms with Gasteiger partial charge in [0.25, 0.3) is 0 Å². The highest BCUT2D eigenvalue weighted by atomic mass is 32.2. The molecule has 2 aromatic rings. The molecule has 0 bridgehead atoms. The molecule has 1 aliphatic rings. The maximum atomic E-state index is 16.1. The third kappa shape index (κ3) is 7.52. The smallest absolute Gasteiger partial charge is 0.408 e. The standard InChI is InChI=1S/C27H34F2N2O7S/c1-18(2)15-24(30-39(35,36)22-11-9-21(37-3)10-12-22)27(28,29)25(32)23(16-19-7-5-4-6-8-19)31(26(33)34)20-13-14-38-17-20/h4-12,18,20,23-24,30H,13-17H2,1-3H3,(H,33,34)/t20-,23+,24?/m0/s1. The van der Waals surface area contributed by atoms with E-state index in [1.807, 2.05) is 4.72 Å². The van der Waals surface area contributed by atoms with Crippen LogP contribution in [0.3, 0.4) is 0 Å². The van der Waals surface area contributed by atoms with Gasteiger partial charge in [0.15, 0.2) is 0 Å². The minimum Gasteiger partial charge on any atom is -0.497 e. The van der Waals surface area contributed by atoms with Crippen molar-refractivity contribution in [3.8, 4) is 5.75 Å². The second-order valence-electron chi connectivity index (χ2n) is 9.88. The molecule has 1 amide bonds. The summed E-state index contributed by atoms with van der Waals surface area (Å²) in [5.74, 6) is -5.96. The third-order valence-electron chi connectivity index (χ3n) is 6.57. The molecule has 1 aliphatic heterocycles. The van der Waals surface area contributed by atoms with Crippen LogP contribution in [0.25, 0.3) is 0 Å². The minimum atomic E-state index is -4.47. The van der Waals surface area contributed by atoms with E-state index in [0.29, 0.717) is 11.3 Å². The Hall–Kier alpha value is -3.09. The zero-order valence-electron chi connectivity index (χ0n) is 22.0. The number of methoxy groups -OCH3 is 1. The van der Waals surface area contributed by atoms with Gasteiger partial charge >= 0.3 is 12.0 Å². The maximum Gasteiger partial charge on any atom is 0.408 e. The Morgan fingerprint density at radius 3 is 2.31 bits per heavy atom. The van der Waals surface area contributed by atoms with Crippen molar-refractivity contribution in [3.63, 3.8) is 0 Å². The molecule has 12 heteroatoms. The van der Waals surface area contributed by atoms with E-state index in [-0.39, 0.29) is 37.4 Å². The van der Waals surface area contributed by atoms with Gasteiger partial charge in [-0.2, -0.15) is 8.78 Å². The van der Waals surface area contributed by atoms with Crippen LogP contribution in [-0.4, -0.2) is 74.7 Å². The van der Waals surface area contributed by atoms with E-state index in [0.717, 1.165) is 4.90 Å². The molecule has 1 fully saturated rings. The van der Waals surface area contributed by atoms with E-state index in [1.165, 1.54) is 31.4 Å². The Kier molecular flexibility index (Phi) is 10.0. The van der Waals surface area contributed by atoms with Crippen molar-refractivity contribution in [3.05, 3.63) is 60.2 Å². The molecule has 0 saturated carbocycles. The molecule has 0 radical (unpaired) electrons. The Bertz CT molecular complexity index is 1220. The lowest BCUT2D eigenvalue weighted by Gasteiger charge is -2.36. The topological polar surface area (TPSA) is 122 Å². The van der Waals surface area contributed by atoms with E-state index >= 15 is 8.78 Å². The van der Waals surface area contributed by atoms with Gasteiger partial charge in [0.2, 0.25) is 15.8 Å². The summed E-state index contributed by atoms with van der Waals surface area (Å²) < 4.78 is 70.7. The lowest BCUT2D eigenvalue weighted by Crippen LogP contribution is -2.61. The fraction of sp³-hybridized carbons (Fsp3) is 0.481. The largest absolute Gasteiger partial charge is 0.497 e. The number of carboxylic acid groups (broad SMARTS) is 1. The second kappa shape index (κ2) is 12.8. The number of ether oxygens (including phenoxy) is 2. The summed E-state index contributed by atoms with van der Waals surface area (Å²) in [5, 5.41) is 10.0. The first-order valence-corrected chi connectivity index (χ1v) is 14.1. The van der Waals surface area contributed by atoms with Gasteiger partial charge in [0, 0.05) is 13.0 Å². The van der Waals surface area contributed by atoms with Crippen LogP contribution in [0.2, 0.25) is 0 Å². The number of rotatable bonds is 13. The molecule has 1 saturated heterocycles. The number of nitrogens with one attached hydrogen (secondary N) is 1. The summed E-state index contributed by atoms with van der Waals surface area (Å²) >= 11 is 0. The van der Waals surface area contributed by atoms with Crippen molar-refractivity contribution in [2.24, 2.45) is 5.92 Å². The SMILES string of the molecule is COc1ccc(S(=O)(=O)NC(CC(C)C)C(F)(F)C(=O)[C@@H](Cc2ccccc2)N(C(=O)O)[C@H]2CCOC2)cc1. The number of Topliss-reactive ketones (excluding diaryl/α,β-unsaturated/α-hetero) is 1. The van der Waals surface area contributed by atoms with Crippen LogP contribution in [0.5, 0.6) is 5.75 Å². The summed E-state index contributed by atoms with van der Waals surface area (Å²) in [4.78, 5) is 26.4. The molecule has 0 spiro atoms. The van der Waals surface area contributed by atoms with Gasteiger partial charge in [-0.25, -0.2) is 17.9 Å². The molecule has 2 aromatic carbocycles. The molecule has 0 aliphatic carbocycles. The average Bonchev–Trinajstić information content (AvgIpc) is 3.42. The van der Waals surface area contributed by atoms with Crippen molar-refractivity contribution in [2.75, 3.05) is 20.3 Å². The van der Waals surface area contributed by atoms with Crippen LogP contribution >= 0.6 is 0 Å². The molecule has 3 rings (SSSR count). The maximum absolute atomic E-state index is 16.1. The molecule has 39 heavy (non-hydrogen) atoms. The van der Waals surface area contributed by atoms with Gasteiger partial charge in [-0.05, 0) is 48.6 Å². The van der Waals surface area contributed by atoms with Crippen molar-refractivity contribution >= 4 is 21.9 Å². The molecule has 9 nitrogen and oxygen atoms in total. The highest BCUT2D eigenvalue weighted by molar-refractivity contribution is 7.89. The molecule has 214 valence electrons. The van der Waals surface area contributed by atoms with Gasteiger partial charge in [0.05, 0.1) is 30.7 Å². The van der Waals surface area contributed by atoms with Crippen molar-refractivity contribution < 1.29 is 41.4 Å². The van der Waals surface area contributed by atoms with E-state index in [2.05, 4.69) is 0 Å². The van der Waals surface area contributed by atoms with Gasteiger partial charge in [-0.3, -0.25) is 9.69 Å². The summed E-state index contributed by atoms with van der Waals surface area (Å²) in [6, 6.07) is 8.72. The van der Waals surface area contributed by atoms with E-state index in [9.17, 15) is 23.1 Å². The number of hydrogen-bond donors (Lipinski definition) is 2. The molecular weight excluding hydrogens is 534 g/mol. The number of halogens is 2. The van der Waals surface area contributed by atoms with E-state index in [1.54, 1.807) is 44.2 Å². The molecular formula is C27H34F2N2O7S. The minimum absolute atomic E-state index is 0.0318. The lowest BCUT2D eigenvalue weighted by molar-refractivity contribution is -0.153.